The number of unbranched alkanes of at least 4 members (excludes halogenated alkanes) is 2. The van der Waals surface area contributed by atoms with Crippen molar-refractivity contribution in [3.05, 3.63) is 59.6 Å². The Balaban J connectivity index is 2.44. The van der Waals surface area contributed by atoms with Crippen molar-refractivity contribution < 1.29 is 9.84 Å². The lowest BCUT2D eigenvalue weighted by Gasteiger charge is -2.47. The van der Waals surface area contributed by atoms with Crippen molar-refractivity contribution in [3.8, 4) is 6.07 Å². The van der Waals surface area contributed by atoms with Crippen LogP contribution in [0.25, 0.3) is 0 Å². The molecule has 2 aliphatic rings. The van der Waals surface area contributed by atoms with Gasteiger partial charge in [-0.2, -0.15) is 5.26 Å². The topological polar surface area (TPSA) is 53.2 Å². The molecule has 0 bridgehead atoms. The van der Waals surface area contributed by atoms with Crippen molar-refractivity contribution in [1.82, 2.24) is 0 Å². The third-order valence-electron chi connectivity index (χ3n) is 6.34. The third-order valence-corrected chi connectivity index (χ3v) is 6.34. The average molecular weight is 382 g/mol. The van der Waals surface area contributed by atoms with Crippen molar-refractivity contribution in [1.29, 1.82) is 5.26 Å². The van der Waals surface area contributed by atoms with Gasteiger partial charge in [-0.25, -0.2) is 0 Å². The molecule has 2 unspecified atom stereocenters. The van der Waals surface area contributed by atoms with Crippen LogP contribution in [0.3, 0.4) is 0 Å². The Morgan fingerprint density at radius 2 is 2.18 bits per heavy atom. The van der Waals surface area contributed by atoms with E-state index in [1.54, 1.807) is 0 Å². The van der Waals surface area contributed by atoms with E-state index in [0.29, 0.717) is 11.7 Å². The summed E-state index contributed by atoms with van der Waals surface area (Å²) >= 11 is 0. The second-order valence-corrected chi connectivity index (χ2v) is 8.53. The van der Waals surface area contributed by atoms with Crippen LogP contribution in [0.4, 0.5) is 0 Å². The fourth-order valence-electron chi connectivity index (χ4n) is 4.54. The van der Waals surface area contributed by atoms with Crippen LogP contribution in [-0.4, -0.2) is 11.2 Å². The minimum atomic E-state index is -0.598. The molecule has 0 aromatic carbocycles. The van der Waals surface area contributed by atoms with Crippen LogP contribution in [0.2, 0.25) is 0 Å². The van der Waals surface area contributed by atoms with E-state index in [4.69, 9.17) is 10.00 Å². The Bertz CT molecular complexity index is 734. The number of rotatable bonds is 8. The van der Waals surface area contributed by atoms with Crippen LogP contribution in [0, 0.1) is 28.6 Å². The van der Waals surface area contributed by atoms with Crippen molar-refractivity contribution in [2.24, 2.45) is 17.3 Å². The lowest BCUT2D eigenvalue weighted by Crippen LogP contribution is -2.46. The minimum absolute atomic E-state index is 0.101. The molecule has 0 aromatic rings. The molecule has 0 fully saturated rings. The van der Waals surface area contributed by atoms with E-state index in [1.165, 1.54) is 24.3 Å². The Kier molecular flexibility index (Phi) is 7.75. The maximum atomic E-state index is 11.2. The lowest BCUT2D eigenvalue weighted by molar-refractivity contribution is 0.00573. The Morgan fingerprint density at radius 1 is 1.43 bits per heavy atom. The summed E-state index contributed by atoms with van der Waals surface area (Å²) in [6.45, 7) is 12.7. The molecule has 0 heterocycles. The van der Waals surface area contributed by atoms with Crippen LogP contribution >= 0.6 is 0 Å². The quantitative estimate of drug-likeness (QED) is 0.215. The molecule has 0 spiro atoms. The van der Waals surface area contributed by atoms with E-state index < -0.39 is 5.41 Å². The minimum Gasteiger partial charge on any atom is -0.512 e. The van der Waals surface area contributed by atoms with Crippen LogP contribution in [0.1, 0.15) is 66.2 Å². The summed E-state index contributed by atoms with van der Waals surface area (Å²) in [7, 11) is 0. The normalized spacial score (nSPS) is 30.2. The molecule has 0 saturated heterocycles. The maximum absolute atomic E-state index is 11.2. The molecule has 152 valence electrons. The number of hydrogen-bond donors (Lipinski definition) is 1. The maximum Gasteiger partial charge on any atom is 0.129 e. The summed E-state index contributed by atoms with van der Waals surface area (Å²) in [5.74, 6) is 0.772. The summed E-state index contributed by atoms with van der Waals surface area (Å²) in [6, 6.07) is 1.98. The first-order valence-electron chi connectivity index (χ1n) is 10.5. The standard InChI is InChI=1S/C25H35NO2/c1-6-7-8-10-20-16-23(27)25(5,24(17-20)28-14-9-13-26)22-15-19(4)11-12-21(22)18(2)3/h9,14-17,21-22,24,27H,2,6-8,10-12H2,1,3-5H3/b14-9-/t21-,22+,24?,25?/m0/s1. The second kappa shape index (κ2) is 9.82. The van der Waals surface area contributed by atoms with E-state index in [2.05, 4.69) is 46.4 Å². The summed E-state index contributed by atoms with van der Waals surface area (Å²) in [5.41, 5.74) is 3.01. The Morgan fingerprint density at radius 3 is 2.82 bits per heavy atom. The monoisotopic (exact) mass is 381 g/mol. The SMILES string of the molecule is C=C(C)[C@@H]1CCC(C)=C[C@H]1C1(C)C(O)=CC(CCCCC)=CC1O/C=C\C#N. The third kappa shape index (κ3) is 4.79. The van der Waals surface area contributed by atoms with E-state index in [9.17, 15) is 5.11 Å². The summed E-state index contributed by atoms with van der Waals surface area (Å²) < 4.78 is 6.02. The van der Waals surface area contributed by atoms with E-state index in [0.717, 1.165) is 43.3 Å². The number of hydrogen-bond acceptors (Lipinski definition) is 3. The molecular weight excluding hydrogens is 346 g/mol. The lowest BCUT2D eigenvalue weighted by atomic mass is 9.59. The van der Waals surface area contributed by atoms with Crippen LogP contribution in [0.15, 0.2) is 59.6 Å². The van der Waals surface area contributed by atoms with Gasteiger partial charge in [0.15, 0.2) is 0 Å². The van der Waals surface area contributed by atoms with Gasteiger partial charge in [0, 0.05) is 0 Å². The predicted octanol–water partition coefficient (Wildman–Crippen LogP) is 6.93. The van der Waals surface area contributed by atoms with Gasteiger partial charge in [-0.15, -0.1) is 0 Å². The first kappa shape index (κ1) is 22.1. The largest absolute Gasteiger partial charge is 0.512 e. The summed E-state index contributed by atoms with van der Waals surface area (Å²) in [6.07, 6.45) is 15.3. The van der Waals surface area contributed by atoms with Gasteiger partial charge in [0.1, 0.15) is 11.9 Å². The van der Waals surface area contributed by atoms with Gasteiger partial charge >= 0.3 is 0 Å². The van der Waals surface area contributed by atoms with Crippen molar-refractivity contribution >= 4 is 0 Å². The molecule has 0 saturated carbocycles. The molecule has 0 aliphatic heterocycles. The highest BCUT2D eigenvalue weighted by atomic mass is 16.5. The number of nitrogens with zero attached hydrogens (tertiary/aromatic N) is 1. The van der Waals surface area contributed by atoms with Gasteiger partial charge in [0.25, 0.3) is 0 Å². The van der Waals surface area contributed by atoms with Crippen LogP contribution in [0.5, 0.6) is 0 Å². The number of allylic oxidation sites excluding steroid dienone is 6. The molecule has 2 rings (SSSR count). The summed E-state index contributed by atoms with van der Waals surface area (Å²) in [4.78, 5) is 0. The van der Waals surface area contributed by atoms with Gasteiger partial charge in [-0.1, -0.05) is 43.6 Å². The molecule has 0 radical (unpaired) electrons. The first-order valence-corrected chi connectivity index (χ1v) is 10.5. The van der Waals surface area contributed by atoms with Crippen molar-refractivity contribution in [2.45, 2.75) is 72.3 Å². The Labute approximate surface area is 170 Å². The number of nitriles is 1. The van der Waals surface area contributed by atoms with Gasteiger partial charge in [0.05, 0.1) is 23.8 Å². The van der Waals surface area contributed by atoms with Crippen LogP contribution in [-0.2, 0) is 4.74 Å². The van der Waals surface area contributed by atoms with E-state index in [1.807, 2.05) is 12.1 Å². The zero-order valence-corrected chi connectivity index (χ0v) is 17.9. The highest BCUT2D eigenvalue weighted by Crippen LogP contribution is 2.51. The van der Waals surface area contributed by atoms with E-state index in [-0.39, 0.29) is 12.0 Å². The van der Waals surface area contributed by atoms with E-state index >= 15 is 0 Å². The van der Waals surface area contributed by atoms with Gasteiger partial charge in [0.2, 0.25) is 0 Å². The van der Waals surface area contributed by atoms with Crippen molar-refractivity contribution in [3.63, 3.8) is 0 Å². The predicted molar refractivity (Wildman–Crippen MR) is 115 cm³/mol. The van der Waals surface area contributed by atoms with Gasteiger partial charge in [-0.3, -0.25) is 0 Å². The molecule has 3 heteroatoms. The number of aliphatic hydroxyl groups is 1. The van der Waals surface area contributed by atoms with Gasteiger partial charge < -0.3 is 9.84 Å². The highest BCUT2D eigenvalue weighted by molar-refractivity contribution is 5.36. The molecule has 0 aromatic heterocycles. The van der Waals surface area contributed by atoms with Crippen LogP contribution < -0.4 is 0 Å². The molecule has 1 N–H and O–H groups in total. The fourth-order valence-corrected chi connectivity index (χ4v) is 4.54. The zero-order chi connectivity index (χ0) is 20.7. The Hall–Kier alpha value is -2.21. The second-order valence-electron chi connectivity index (χ2n) is 8.53. The fraction of sp³-hybridized carbons (Fsp3) is 0.560. The number of aliphatic hydroxyl groups excluding tert-OH is 1. The first-order chi connectivity index (χ1) is 13.3. The average Bonchev–Trinajstić information content (AvgIpc) is 2.65. The zero-order valence-electron chi connectivity index (χ0n) is 17.9. The molecule has 28 heavy (non-hydrogen) atoms. The van der Waals surface area contributed by atoms with Gasteiger partial charge in [-0.05, 0) is 76.0 Å². The molecule has 4 atom stereocenters. The highest BCUT2D eigenvalue weighted by Gasteiger charge is 2.50. The number of ether oxygens (including phenoxy) is 1. The molecular formula is C25H35NO2. The molecule has 0 amide bonds. The summed E-state index contributed by atoms with van der Waals surface area (Å²) in [5, 5.41) is 20.1. The smallest absolute Gasteiger partial charge is 0.129 e. The molecule has 3 nitrogen and oxygen atoms in total. The molecule has 2 aliphatic carbocycles. The van der Waals surface area contributed by atoms with Crippen molar-refractivity contribution in [2.75, 3.05) is 0 Å².